The monoisotopic (exact) mass is 845 g/mol. The van der Waals surface area contributed by atoms with Gasteiger partial charge in [0.1, 0.15) is 12.4 Å². The Morgan fingerprint density at radius 2 is 1.59 bits per heavy atom. The number of nitrogens with one attached hydrogen (secondary N) is 2. The molecule has 0 aromatic carbocycles. The molecule has 13 nitrogen and oxygen atoms in total. The molecule has 2 aliphatic rings. The fraction of sp³-hybridized carbons (Fsp3) is 0.976. The van der Waals surface area contributed by atoms with Gasteiger partial charge in [0.15, 0.2) is 12.6 Å². The fourth-order valence-corrected chi connectivity index (χ4v) is 8.54. The molecule has 0 saturated carbocycles. The van der Waals surface area contributed by atoms with Gasteiger partial charge in [0.25, 0.3) is 0 Å². The lowest BCUT2D eigenvalue weighted by atomic mass is 9.77. The van der Waals surface area contributed by atoms with Crippen molar-refractivity contribution in [3.8, 4) is 0 Å². The van der Waals surface area contributed by atoms with Crippen molar-refractivity contribution in [2.24, 2.45) is 35.5 Å². The van der Waals surface area contributed by atoms with E-state index in [-0.39, 0.29) is 62.1 Å². The van der Waals surface area contributed by atoms with Crippen molar-refractivity contribution in [1.29, 1.82) is 0 Å². The van der Waals surface area contributed by atoms with Gasteiger partial charge >= 0.3 is 6.18 Å². The zero-order chi connectivity index (χ0) is 44.3. The summed E-state index contributed by atoms with van der Waals surface area (Å²) < 4.78 is 80.2. The van der Waals surface area contributed by atoms with Gasteiger partial charge in [0.05, 0.1) is 54.4 Å². The van der Waals surface area contributed by atoms with Crippen molar-refractivity contribution < 1.29 is 66.8 Å². The molecule has 0 radical (unpaired) electrons. The van der Waals surface area contributed by atoms with E-state index >= 15 is 0 Å². The van der Waals surface area contributed by atoms with Crippen molar-refractivity contribution in [1.82, 2.24) is 10.6 Å². The highest BCUT2D eigenvalue weighted by molar-refractivity contribution is 5.54. The molecule has 6 N–H and O–H groups in total. The number of carbonyl (C=O) groups excluding carboxylic acids is 1. The maximum atomic E-state index is 14.3. The quantitative estimate of drug-likeness (QED) is 0.0539. The Bertz CT molecular complexity index is 1190. The Balaban J connectivity index is 2.53. The molecule has 58 heavy (non-hydrogen) atoms. The second-order valence-corrected chi connectivity index (χ2v) is 18.3. The summed E-state index contributed by atoms with van der Waals surface area (Å²) in [5.74, 6) is -2.58. The van der Waals surface area contributed by atoms with Crippen molar-refractivity contribution >= 4 is 6.29 Å². The van der Waals surface area contributed by atoms with Crippen LogP contribution in [-0.2, 0) is 33.2 Å². The number of hydrogen-bond donors (Lipinski definition) is 6. The molecule has 16 heteroatoms. The first kappa shape index (κ1) is 53.1. The van der Waals surface area contributed by atoms with Crippen molar-refractivity contribution in [3.63, 3.8) is 0 Å². The summed E-state index contributed by atoms with van der Waals surface area (Å²) in [6, 6.07) is -0.386. The molecule has 344 valence electrons. The largest absolute Gasteiger partial charge is 0.428 e. The Hall–Kier alpha value is -1.02. The van der Waals surface area contributed by atoms with Crippen LogP contribution in [0.15, 0.2) is 0 Å². The zero-order valence-electron chi connectivity index (χ0n) is 37.3. The predicted octanol–water partition coefficient (Wildman–Crippen LogP) is 4.94. The fourth-order valence-electron chi connectivity index (χ4n) is 8.54. The molecule has 3 unspecified atom stereocenters. The van der Waals surface area contributed by atoms with Crippen LogP contribution in [0.4, 0.5) is 13.2 Å². The van der Waals surface area contributed by atoms with E-state index in [4.69, 9.17) is 28.4 Å². The number of aliphatic hydroxyl groups is 4. The molecule has 0 aliphatic carbocycles. The molecule has 0 bridgehead atoms. The minimum atomic E-state index is -4.73. The molecule has 0 aromatic heterocycles. The molecule has 0 aromatic rings. The van der Waals surface area contributed by atoms with Gasteiger partial charge in [-0.2, -0.15) is 13.2 Å². The van der Waals surface area contributed by atoms with Crippen LogP contribution in [0.3, 0.4) is 0 Å². The van der Waals surface area contributed by atoms with Gasteiger partial charge in [-0.25, -0.2) is 0 Å². The third-order valence-electron chi connectivity index (χ3n) is 12.4. The van der Waals surface area contributed by atoms with Crippen molar-refractivity contribution in [2.75, 3.05) is 26.8 Å². The second kappa shape index (κ2) is 23.4. The van der Waals surface area contributed by atoms with Crippen LogP contribution in [0.1, 0.15) is 115 Å². The van der Waals surface area contributed by atoms with E-state index in [1.165, 1.54) is 0 Å². The summed E-state index contributed by atoms with van der Waals surface area (Å²) in [4.78, 5) is 12.5. The van der Waals surface area contributed by atoms with Gasteiger partial charge < -0.3 is 59.0 Å². The average molecular weight is 845 g/mol. The Morgan fingerprint density at radius 1 is 0.948 bits per heavy atom. The molecule has 0 spiro atoms. The highest BCUT2D eigenvalue weighted by Crippen LogP contribution is 2.41. The summed E-state index contributed by atoms with van der Waals surface area (Å²) in [5, 5.41) is 49.7. The van der Waals surface area contributed by atoms with Crippen molar-refractivity contribution in [3.05, 3.63) is 0 Å². The summed E-state index contributed by atoms with van der Waals surface area (Å²) in [6.07, 6.45) is -12.7. The van der Waals surface area contributed by atoms with Gasteiger partial charge in [0.2, 0.25) is 6.23 Å². The average Bonchev–Trinajstić information content (AvgIpc) is 3.14. The highest BCUT2D eigenvalue weighted by Gasteiger charge is 2.51. The molecule has 2 saturated heterocycles. The first-order valence-corrected chi connectivity index (χ1v) is 21.4. The maximum Gasteiger partial charge on any atom is 0.428 e. The van der Waals surface area contributed by atoms with Gasteiger partial charge in [0, 0.05) is 49.8 Å². The Morgan fingerprint density at radius 3 is 2.12 bits per heavy atom. The number of ether oxygens (including phenoxy) is 6. The highest BCUT2D eigenvalue weighted by atomic mass is 19.4. The molecule has 0 amide bonds. The molecular formula is C42H79F3N2O11. The van der Waals surface area contributed by atoms with E-state index < -0.39 is 90.7 Å². The number of alkyl halides is 3. The summed E-state index contributed by atoms with van der Waals surface area (Å²) in [5.41, 5.74) is -2.51. The third-order valence-corrected chi connectivity index (χ3v) is 12.4. The number of halogens is 3. The van der Waals surface area contributed by atoms with E-state index in [0.29, 0.717) is 19.4 Å². The summed E-state index contributed by atoms with van der Waals surface area (Å²) in [6.45, 7) is 21.7. The number of aliphatic hydroxyl groups excluding tert-OH is 3. The lowest BCUT2D eigenvalue weighted by molar-refractivity contribution is -0.329. The van der Waals surface area contributed by atoms with E-state index in [1.54, 1.807) is 62.5 Å². The first-order valence-electron chi connectivity index (χ1n) is 21.4. The molecular weight excluding hydrogens is 765 g/mol. The standard InChI is InChI=1S/C42H79F3N2O11/c1-14-32(50)27(7)35(51)29(9)46-20-24(4)17-40(11,52)37(58-38-33(16-15-26(6)54-38)56-39(42(43,44)45)47-19-23(2)3)28(8)36(25(5)21-48)57-34-18-41(12,53-13)31(22-49)30(10)55-34/h21,23-39,46-47,49-52H,14-20,22H2,1-13H3/t24-,25+,26-,27+,28+,29-,30+,31?,32-,33-,34+,35+,36-,37-,38+,39?,40?,41-/m1/s1. The number of hydrogen-bond acceptors (Lipinski definition) is 13. The number of carbonyl (C=O) groups is 1. The zero-order valence-corrected chi connectivity index (χ0v) is 37.3. The minimum absolute atomic E-state index is 0.0549. The topological polar surface area (TPSA) is 177 Å². The van der Waals surface area contributed by atoms with Crippen LogP contribution in [-0.4, -0.2) is 138 Å². The summed E-state index contributed by atoms with van der Waals surface area (Å²) >= 11 is 0. The molecule has 2 heterocycles. The Kier molecular flexibility index (Phi) is 21.5. The van der Waals surface area contributed by atoms with E-state index in [9.17, 15) is 38.4 Å². The number of methoxy groups -OCH3 is 1. The smallest absolute Gasteiger partial charge is 0.396 e. The third kappa shape index (κ3) is 15.1. The normalized spacial score (nSPS) is 32.3. The maximum absolute atomic E-state index is 14.3. The van der Waals surface area contributed by atoms with Gasteiger partial charge in [-0.3, -0.25) is 5.32 Å². The lowest BCUT2D eigenvalue weighted by Gasteiger charge is -2.49. The van der Waals surface area contributed by atoms with E-state index in [1.807, 2.05) is 27.7 Å². The molecule has 2 aliphatic heterocycles. The van der Waals surface area contributed by atoms with Crippen LogP contribution in [0.2, 0.25) is 0 Å². The van der Waals surface area contributed by atoms with Crippen molar-refractivity contribution in [2.45, 2.75) is 200 Å². The minimum Gasteiger partial charge on any atom is -0.396 e. The molecule has 18 atom stereocenters. The van der Waals surface area contributed by atoms with Crippen LogP contribution in [0.5, 0.6) is 0 Å². The number of rotatable bonds is 25. The summed E-state index contributed by atoms with van der Waals surface area (Å²) in [7, 11) is 1.55. The van der Waals surface area contributed by atoms with Gasteiger partial charge in [-0.15, -0.1) is 0 Å². The molecule has 2 fully saturated rings. The SMILES string of the molecule is CC[C@@H](O)[C@H](C)[C@H](O)[C@@H](C)NC[C@H](C)CC(C)(O)[C@H](O[C@@H]1O[C@H](C)CC[C@H]1OC(NCC(C)C)C(F)(F)F)[C@@H](C)[C@H](O[C@H]1C[C@@](C)(OC)C(CO)[C@H](C)O1)[C@@H](C)C=O. The number of aldehydes is 1. The van der Waals surface area contributed by atoms with Crippen LogP contribution < -0.4 is 10.6 Å². The lowest BCUT2D eigenvalue weighted by Crippen LogP contribution is -2.58. The van der Waals surface area contributed by atoms with Gasteiger partial charge in [-0.1, -0.05) is 48.5 Å². The second-order valence-electron chi connectivity index (χ2n) is 18.3. The van der Waals surface area contributed by atoms with Crippen LogP contribution in [0, 0.1) is 35.5 Å². The Labute approximate surface area is 345 Å². The first-order chi connectivity index (χ1) is 26.8. The van der Waals surface area contributed by atoms with Gasteiger partial charge in [-0.05, 0) is 78.7 Å². The predicted molar refractivity (Wildman–Crippen MR) is 214 cm³/mol. The van der Waals surface area contributed by atoms with E-state index in [2.05, 4.69) is 10.6 Å². The van der Waals surface area contributed by atoms with E-state index in [0.717, 1.165) is 6.29 Å². The molecule has 2 rings (SSSR count). The van der Waals surface area contributed by atoms with Crippen LogP contribution >= 0.6 is 0 Å². The van der Waals surface area contributed by atoms with Crippen LogP contribution in [0.25, 0.3) is 0 Å².